The summed E-state index contributed by atoms with van der Waals surface area (Å²) in [6.45, 7) is 8.28. The molecule has 2 N–H and O–H groups in total. The summed E-state index contributed by atoms with van der Waals surface area (Å²) in [7, 11) is 0. The molecule has 1 aromatic heterocycles. The highest BCUT2D eigenvalue weighted by Gasteiger charge is 2.22. The lowest BCUT2D eigenvalue weighted by atomic mass is 10.3. The molecule has 1 atom stereocenters. The summed E-state index contributed by atoms with van der Waals surface area (Å²) in [5.74, 6) is 1.06. The van der Waals surface area contributed by atoms with Crippen LogP contribution in [-0.2, 0) is 17.7 Å². The maximum atomic E-state index is 5.67. The molecule has 1 unspecified atom stereocenters. The van der Waals surface area contributed by atoms with Gasteiger partial charge in [0.2, 0.25) is 5.95 Å². The molecule has 17 heavy (non-hydrogen) atoms. The Balaban J connectivity index is 2.17. The zero-order chi connectivity index (χ0) is 12.3. The Morgan fingerprint density at radius 3 is 3.00 bits per heavy atom. The maximum Gasteiger partial charge on any atom is 0.205 e. The van der Waals surface area contributed by atoms with E-state index >= 15 is 0 Å². The number of hydrogen-bond donors (Lipinski definition) is 1. The fourth-order valence-corrected chi connectivity index (χ4v) is 2.16. The summed E-state index contributed by atoms with van der Waals surface area (Å²) in [5.41, 5.74) is 6.82. The van der Waals surface area contributed by atoms with Gasteiger partial charge in [-0.05, 0) is 13.3 Å². The molecule has 1 aromatic rings. The minimum atomic E-state index is 0.135. The molecule has 1 aliphatic rings. The summed E-state index contributed by atoms with van der Waals surface area (Å²) in [4.78, 5) is 6.97. The van der Waals surface area contributed by atoms with Crippen molar-refractivity contribution >= 4 is 5.95 Å². The predicted molar refractivity (Wildman–Crippen MR) is 68.3 cm³/mol. The quantitative estimate of drug-likeness (QED) is 0.836. The van der Waals surface area contributed by atoms with E-state index in [0.717, 1.165) is 44.3 Å². The summed E-state index contributed by atoms with van der Waals surface area (Å²) < 4.78 is 7.79. The summed E-state index contributed by atoms with van der Waals surface area (Å²) in [6.07, 6.45) is 3.25. The van der Waals surface area contributed by atoms with Gasteiger partial charge in [-0.3, -0.25) is 0 Å². The highest BCUT2D eigenvalue weighted by Crippen LogP contribution is 2.18. The SMILES string of the molecule is CCc1cn(CC)c(N2CCOC(CN)C2)n1. The van der Waals surface area contributed by atoms with E-state index in [1.54, 1.807) is 0 Å². The van der Waals surface area contributed by atoms with Gasteiger partial charge in [0.1, 0.15) is 0 Å². The zero-order valence-corrected chi connectivity index (χ0v) is 10.7. The molecule has 5 nitrogen and oxygen atoms in total. The van der Waals surface area contributed by atoms with Gasteiger partial charge in [-0.25, -0.2) is 4.98 Å². The molecule has 0 aromatic carbocycles. The van der Waals surface area contributed by atoms with Gasteiger partial charge in [0.25, 0.3) is 0 Å². The van der Waals surface area contributed by atoms with Crippen LogP contribution in [0.4, 0.5) is 5.95 Å². The fourth-order valence-electron chi connectivity index (χ4n) is 2.16. The molecule has 96 valence electrons. The molecule has 0 aliphatic carbocycles. The van der Waals surface area contributed by atoms with Crippen molar-refractivity contribution in [3.05, 3.63) is 11.9 Å². The second-order valence-electron chi connectivity index (χ2n) is 4.35. The molecule has 1 fully saturated rings. The van der Waals surface area contributed by atoms with Crippen molar-refractivity contribution in [1.82, 2.24) is 9.55 Å². The maximum absolute atomic E-state index is 5.67. The molecule has 1 aliphatic heterocycles. The minimum absolute atomic E-state index is 0.135. The number of anilines is 1. The predicted octanol–water partition coefficient (Wildman–Crippen LogP) is 0.629. The second kappa shape index (κ2) is 5.51. The lowest BCUT2D eigenvalue weighted by Gasteiger charge is -2.33. The smallest absolute Gasteiger partial charge is 0.205 e. The minimum Gasteiger partial charge on any atom is -0.373 e. The van der Waals surface area contributed by atoms with Crippen LogP contribution in [0.5, 0.6) is 0 Å². The van der Waals surface area contributed by atoms with Crippen LogP contribution < -0.4 is 10.6 Å². The molecule has 2 heterocycles. The summed E-state index contributed by atoms with van der Waals surface area (Å²) >= 11 is 0. The number of rotatable bonds is 4. The van der Waals surface area contributed by atoms with Crippen LogP contribution in [0.1, 0.15) is 19.5 Å². The van der Waals surface area contributed by atoms with Gasteiger partial charge < -0.3 is 19.9 Å². The molecule has 2 rings (SSSR count). The topological polar surface area (TPSA) is 56.3 Å². The van der Waals surface area contributed by atoms with Crippen molar-refractivity contribution < 1.29 is 4.74 Å². The second-order valence-corrected chi connectivity index (χ2v) is 4.35. The Morgan fingerprint density at radius 1 is 1.53 bits per heavy atom. The molecular weight excluding hydrogens is 216 g/mol. The van der Waals surface area contributed by atoms with E-state index < -0.39 is 0 Å². The zero-order valence-electron chi connectivity index (χ0n) is 10.7. The highest BCUT2D eigenvalue weighted by atomic mass is 16.5. The molecule has 0 saturated carbocycles. The highest BCUT2D eigenvalue weighted by molar-refractivity contribution is 5.34. The normalized spacial score (nSPS) is 20.9. The van der Waals surface area contributed by atoms with E-state index in [-0.39, 0.29) is 6.10 Å². The lowest BCUT2D eigenvalue weighted by Crippen LogP contribution is -2.46. The first-order valence-electron chi connectivity index (χ1n) is 6.41. The summed E-state index contributed by atoms with van der Waals surface area (Å²) in [6, 6.07) is 0. The van der Waals surface area contributed by atoms with Crippen LogP contribution in [0, 0.1) is 0 Å². The average Bonchev–Trinajstić information content (AvgIpc) is 2.82. The number of imidazole rings is 1. The number of aryl methyl sites for hydroxylation is 2. The molecule has 5 heteroatoms. The third-order valence-electron chi connectivity index (χ3n) is 3.19. The number of nitrogens with two attached hydrogens (primary N) is 1. The Morgan fingerprint density at radius 2 is 2.35 bits per heavy atom. The van der Waals surface area contributed by atoms with Crippen molar-refractivity contribution in [3.8, 4) is 0 Å². The van der Waals surface area contributed by atoms with E-state index in [4.69, 9.17) is 10.5 Å². The lowest BCUT2D eigenvalue weighted by molar-refractivity contribution is 0.0458. The van der Waals surface area contributed by atoms with Crippen molar-refractivity contribution in [3.63, 3.8) is 0 Å². The van der Waals surface area contributed by atoms with Crippen LogP contribution in [0.2, 0.25) is 0 Å². The number of nitrogens with zero attached hydrogens (tertiary/aromatic N) is 3. The van der Waals surface area contributed by atoms with Crippen molar-refractivity contribution in [1.29, 1.82) is 0 Å². The van der Waals surface area contributed by atoms with E-state index in [0.29, 0.717) is 6.54 Å². The van der Waals surface area contributed by atoms with Gasteiger partial charge in [-0.15, -0.1) is 0 Å². The monoisotopic (exact) mass is 238 g/mol. The van der Waals surface area contributed by atoms with Crippen LogP contribution in [0.15, 0.2) is 6.20 Å². The van der Waals surface area contributed by atoms with Crippen molar-refractivity contribution in [2.75, 3.05) is 31.1 Å². The molecule has 1 saturated heterocycles. The van der Waals surface area contributed by atoms with Gasteiger partial charge in [-0.1, -0.05) is 6.92 Å². The Hall–Kier alpha value is -1.07. The first kappa shape index (κ1) is 12.4. The van der Waals surface area contributed by atoms with Crippen LogP contribution in [0.3, 0.4) is 0 Å². The Kier molecular flexibility index (Phi) is 4.02. The fraction of sp³-hybridized carbons (Fsp3) is 0.750. The third-order valence-corrected chi connectivity index (χ3v) is 3.19. The number of morpholine rings is 1. The molecular formula is C12H22N4O. The number of ether oxygens (including phenoxy) is 1. The Bertz CT molecular complexity index is 363. The van der Waals surface area contributed by atoms with E-state index in [9.17, 15) is 0 Å². The third kappa shape index (κ3) is 2.61. The van der Waals surface area contributed by atoms with Gasteiger partial charge in [0.05, 0.1) is 18.4 Å². The average molecular weight is 238 g/mol. The molecule has 0 amide bonds. The largest absolute Gasteiger partial charge is 0.373 e. The van der Waals surface area contributed by atoms with Gasteiger partial charge in [0.15, 0.2) is 0 Å². The first-order valence-corrected chi connectivity index (χ1v) is 6.41. The van der Waals surface area contributed by atoms with Crippen LogP contribution in [-0.4, -0.2) is 41.9 Å². The van der Waals surface area contributed by atoms with Gasteiger partial charge in [0, 0.05) is 32.4 Å². The standard InChI is InChI=1S/C12H22N4O/c1-3-10-8-15(4-2)12(14-10)16-5-6-17-11(7-13)9-16/h8,11H,3-7,9,13H2,1-2H3. The van der Waals surface area contributed by atoms with Gasteiger partial charge >= 0.3 is 0 Å². The van der Waals surface area contributed by atoms with Crippen LogP contribution >= 0.6 is 0 Å². The van der Waals surface area contributed by atoms with Gasteiger partial charge in [-0.2, -0.15) is 0 Å². The van der Waals surface area contributed by atoms with E-state index in [2.05, 4.69) is 34.5 Å². The number of aromatic nitrogens is 2. The van der Waals surface area contributed by atoms with E-state index in [1.165, 1.54) is 0 Å². The van der Waals surface area contributed by atoms with Crippen molar-refractivity contribution in [2.24, 2.45) is 5.73 Å². The first-order chi connectivity index (χ1) is 8.28. The van der Waals surface area contributed by atoms with E-state index in [1.807, 2.05) is 0 Å². The molecule has 0 spiro atoms. The van der Waals surface area contributed by atoms with Crippen molar-refractivity contribution in [2.45, 2.75) is 32.9 Å². The number of hydrogen-bond acceptors (Lipinski definition) is 4. The molecule has 0 bridgehead atoms. The summed E-state index contributed by atoms with van der Waals surface area (Å²) in [5, 5.41) is 0. The van der Waals surface area contributed by atoms with Crippen LogP contribution in [0.25, 0.3) is 0 Å². The Labute approximate surface area is 103 Å². The molecule has 0 radical (unpaired) electrons.